The third-order valence-corrected chi connectivity index (χ3v) is 2.92. The second kappa shape index (κ2) is 8.25. The summed E-state index contributed by atoms with van der Waals surface area (Å²) < 4.78 is 0. The van der Waals surface area contributed by atoms with Crippen molar-refractivity contribution in [2.75, 3.05) is 0 Å². The summed E-state index contributed by atoms with van der Waals surface area (Å²) in [5, 5.41) is 19.5. The van der Waals surface area contributed by atoms with Crippen LogP contribution in [0.1, 0.15) is 59.3 Å². The van der Waals surface area contributed by atoms with Gasteiger partial charge in [0.05, 0.1) is 12.2 Å². The Bertz CT molecular complexity index is 111. The third-order valence-electron chi connectivity index (χ3n) is 2.92. The van der Waals surface area contributed by atoms with Crippen molar-refractivity contribution in [3.05, 3.63) is 0 Å². The van der Waals surface area contributed by atoms with Crippen LogP contribution in [-0.2, 0) is 0 Å². The van der Waals surface area contributed by atoms with Gasteiger partial charge in [0.2, 0.25) is 0 Å². The van der Waals surface area contributed by atoms with Crippen molar-refractivity contribution >= 4 is 0 Å². The molecule has 0 aliphatic rings. The molecule has 0 aromatic heterocycles. The van der Waals surface area contributed by atoms with Crippen LogP contribution < -0.4 is 0 Å². The quantitative estimate of drug-likeness (QED) is 0.635. The van der Waals surface area contributed by atoms with Gasteiger partial charge in [-0.2, -0.15) is 0 Å². The molecular formula is C12H26O2. The molecule has 0 amide bonds. The van der Waals surface area contributed by atoms with Crippen LogP contribution in [0.4, 0.5) is 0 Å². The predicted molar refractivity (Wildman–Crippen MR) is 60.2 cm³/mol. The van der Waals surface area contributed by atoms with E-state index in [1.807, 2.05) is 6.92 Å². The van der Waals surface area contributed by atoms with Crippen LogP contribution in [0.15, 0.2) is 0 Å². The highest BCUT2D eigenvalue weighted by atomic mass is 16.3. The van der Waals surface area contributed by atoms with E-state index in [1.165, 1.54) is 0 Å². The Morgan fingerprint density at radius 1 is 0.857 bits per heavy atom. The molecule has 2 unspecified atom stereocenters. The molecule has 2 heteroatoms. The van der Waals surface area contributed by atoms with Gasteiger partial charge in [0, 0.05) is 5.92 Å². The number of aliphatic hydroxyl groups is 2. The minimum atomic E-state index is -0.332. The standard InChI is InChI=1S/C12H26O2/c1-4-6-8-11(13)10(3)12(14)9-7-5-2/h10-14H,4-9H2,1-3H3. The van der Waals surface area contributed by atoms with Crippen molar-refractivity contribution in [1.82, 2.24) is 0 Å². The number of hydrogen-bond donors (Lipinski definition) is 2. The second-order valence-corrected chi connectivity index (χ2v) is 4.28. The van der Waals surface area contributed by atoms with Crippen molar-refractivity contribution < 1.29 is 10.2 Å². The minimum absolute atomic E-state index is 0.0214. The number of aliphatic hydroxyl groups excluding tert-OH is 2. The zero-order chi connectivity index (χ0) is 11.0. The van der Waals surface area contributed by atoms with Gasteiger partial charge in [-0.05, 0) is 12.8 Å². The third kappa shape index (κ3) is 5.61. The van der Waals surface area contributed by atoms with E-state index in [9.17, 15) is 10.2 Å². The zero-order valence-corrected chi connectivity index (χ0v) is 9.87. The first-order valence-corrected chi connectivity index (χ1v) is 5.99. The summed E-state index contributed by atoms with van der Waals surface area (Å²) in [4.78, 5) is 0. The maximum absolute atomic E-state index is 9.76. The summed E-state index contributed by atoms with van der Waals surface area (Å²) in [7, 11) is 0. The van der Waals surface area contributed by atoms with Gasteiger partial charge in [-0.1, -0.05) is 46.5 Å². The maximum atomic E-state index is 9.76. The summed E-state index contributed by atoms with van der Waals surface area (Å²) in [6.07, 6.45) is 5.28. The summed E-state index contributed by atoms with van der Waals surface area (Å²) in [5.74, 6) is 0.0214. The van der Waals surface area contributed by atoms with E-state index in [2.05, 4.69) is 13.8 Å². The molecule has 2 N–H and O–H groups in total. The van der Waals surface area contributed by atoms with E-state index in [4.69, 9.17) is 0 Å². The van der Waals surface area contributed by atoms with Gasteiger partial charge in [0.25, 0.3) is 0 Å². The van der Waals surface area contributed by atoms with Crippen molar-refractivity contribution in [3.63, 3.8) is 0 Å². The average Bonchev–Trinajstić information content (AvgIpc) is 2.21. The Labute approximate surface area is 88.3 Å². The minimum Gasteiger partial charge on any atom is -0.393 e. The first-order valence-electron chi connectivity index (χ1n) is 5.99. The summed E-state index contributed by atoms with van der Waals surface area (Å²) >= 11 is 0. The van der Waals surface area contributed by atoms with Crippen molar-refractivity contribution in [2.45, 2.75) is 71.5 Å². The molecule has 0 saturated heterocycles. The van der Waals surface area contributed by atoms with Gasteiger partial charge in [-0.25, -0.2) is 0 Å². The predicted octanol–water partition coefficient (Wildman–Crippen LogP) is 2.72. The second-order valence-electron chi connectivity index (χ2n) is 4.28. The molecule has 0 rings (SSSR count). The Morgan fingerprint density at radius 3 is 1.50 bits per heavy atom. The fourth-order valence-corrected chi connectivity index (χ4v) is 1.61. The monoisotopic (exact) mass is 202 g/mol. The highest BCUT2D eigenvalue weighted by molar-refractivity contribution is 4.72. The largest absolute Gasteiger partial charge is 0.393 e. The van der Waals surface area contributed by atoms with Crippen LogP contribution in [-0.4, -0.2) is 22.4 Å². The lowest BCUT2D eigenvalue weighted by Crippen LogP contribution is -2.29. The Morgan fingerprint density at radius 2 is 1.21 bits per heavy atom. The Balaban J connectivity index is 3.72. The van der Waals surface area contributed by atoms with Gasteiger partial charge in [0.1, 0.15) is 0 Å². The topological polar surface area (TPSA) is 40.5 Å². The van der Waals surface area contributed by atoms with Crippen LogP contribution in [0.2, 0.25) is 0 Å². The van der Waals surface area contributed by atoms with E-state index in [0.717, 1.165) is 38.5 Å². The fraction of sp³-hybridized carbons (Fsp3) is 1.00. The molecule has 14 heavy (non-hydrogen) atoms. The molecule has 0 radical (unpaired) electrons. The molecule has 0 fully saturated rings. The molecule has 0 bridgehead atoms. The lowest BCUT2D eigenvalue weighted by Gasteiger charge is -2.23. The summed E-state index contributed by atoms with van der Waals surface area (Å²) in [5.41, 5.74) is 0. The molecule has 2 atom stereocenters. The first kappa shape index (κ1) is 13.9. The number of unbranched alkanes of at least 4 members (excludes halogenated alkanes) is 2. The van der Waals surface area contributed by atoms with E-state index in [1.54, 1.807) is 0 Å². The molecule has 0 aliphatic heterocycles. The van der Waals surface area contributed by atoms with Crippen LogP contribution in [0, 0.1) is 5.92 Å². The fourth-order valence-electron chi connectivity index (χ4n) is 1.61. The van der Waals surface area contributed by atoms with Gasteiger partial charge < -0.3 is 10.2 Å². The molecule has 2 nitrogen and oxygen atoms in total. The van der Waals surface area contributed by atoms with E-state index in [-0.39, 0.29) is 18.1 Å². The molecule has 0 heterocycles. The van der Waals surface area contributed by atoms with Crippen molar-refractivity contribution in [1.29, 1.82) is 0 Å². The van der Waals surface area contributed by atoms with Gasteiger partial charge >= 0.3 is 0 Å². The van der Waals surface area contributed by atoms with Crippen LogP contribution in [0.3, 0.4) is 0 Å². The van der Waals surface area contributed by atoms with Crippen molar-refractivity contribution in [2.24, 2.45) is 5.92 Å². The Kier molecular flexibility index (Phi) is 8.20. The van der Waals surface area contributed by atoms with E-state index in [0.29, 0.717) is 0 Å². The Hall–Kier alpha value is -0.0800. The van der Waals surface area contributed by atoms with Crippen LogP contribution in [0.5, 0.6) is 0 Å². The maximum Gasteiger partial charge on any atom is 0.0590 e. The van der Waals surface area contributed by atoms with Crippen molar-refractivity contribution in [3.8, 4) is 0 Å². The smallest absolute Gasteiger partial charge is 0.0590 e. The van der Waals surface area contributed by atoms with Gasteiger partial charge in [0.15, 0.2) is 0 Å². The lowest BCUT2D eigenvalue weighted by atomic mass is 9.91. The number of rotatable bonds is 8. The van der Waals surface area contributed by atoms with Crippen LogP contribution >= 0.6 is 0 Å². The van der Waals surface area contributed by atoms with E-state index < -0.39 is 0 Å². The molecule has 0 aliphatic carbocycles. The lowest BCUT2D eigenvalue weighted by molar-refractivity contribution is 0.0119. The average molecular weight is 202 g/mol. The molecule has 0 spiro atoms. The molecule has 0 saturated carbocycles. The molecule has 0 aromatic carbocycles. The molecular weight excluding hydrogens is 176 g/mol. The summed E-state index contributed by atoms with van der Waals surface area (Å²) in [6.45, 7) is 6.18. The van der Waals surface area contributed by atoms with E-state index >= 15 is 0 Å². The molecule has 0 aromatic rings. The SMILES string of the molecule is CCCCC(O)C(C)C(O)CCCC. The van der Waals surface area contributed by atoms with Gasteiger partial charge in [-0.15, -0.1) is 0 Å². The first-order chi connectivity index (χ1) is 6.63. The normalized spacial score (nSPS) is 17.8. The highest BCUT2D eigenvalue weighted by Crippen LogP contribution is 2.18. The summed E-state index contributed by atoms with van der Waals surface area (Å²) in [6, 6.07) is 0. The highest BCUT2D eigenvalue weighted by Gasteiger charge is 2.21. The molecule has 86 valence electrons. The number of hydrogen-bond acceptors (Lipinski definition) is 2. The zero-order valence-electron chi connectivity index (χ0n) is 9.87. The van der Waals surface area contributed by atoms with Gasteiger partial charge in [-0.3, -0.25) is 0 Å². The van der Waals surface area contributed by atoms with Crippen LogP contribution in [0.25, 0.3) is 0 Å².